The monoisotopic (exact) mass is 363 g/mol. The zero-order valence-corrected chi connectivity index (χ0v) is 14.6. The topological polar surface area (TPSA) is 44.4 Å². The Labute approximate surface area is 151 Å². The standard InChI is InChI=1S/C18H19Cl2N3O/c19-14-6-7-15(20)16(10-14)22-18(24)12-23-9-8-21-11-17(23)13-4-2-1-3-5-13/h1-7,10,17,21H,8-9,11-12H2,(H,22,24). The highest BCUT2D eigenvalue weighted by molar-refractivity contribution is 6.35. The number of piperazine rings is 1. The van der Waals surface area contributed by atoms with Crippen LogP contribution in [0.1, 0.15) is 11.6 Å². The minimum absolute atomic E-state index is 0.0954. The molecule has 1 aliphatic rings. The zero-order valence-electron chi connectivity index (χ0n) is 13.1. The Morgan fingerprint density at radius 1 is 1.21 bits per heavy atom. The number of carbonyl (C=O) groups excluding carboxylic acids is 1. The van der Waals surface area contributed by atoms with Gasteiger partial charge in [0.15, 0.2) is 0 Å². The third-order valence-electron chi connectivity index (χ3n) is 4.09. The van der Waals surface area contributed by atoms with E-state index in [0.29, 0.717) is 22.3 Å². The van der Waals surface area contributed by atoms with Crippen molar-refractivity contribution in [2.75, 3.05) is 31.5 Å². The number of rotatable bonds is 4. The summed E-state index contributed by atoms with van der Waals surface area (Å²) in [6, 6.07) is 15.4. The summed E-state index contributed by atoms with van der Waals surface area (Å²) in [5.74, 6) is -0.0954. The first-order valence-electron chi connectivity index (χ1n) is 7.88. The van der Waals surface area contributed by atoms with Crippen LogP contribution in [0, 0.1) is 0 Å². The van der Waals surface area contributed by atoms with Crippen LogP contribution < -0.4 is 10.6 Å². The fraction of sp³-hybridized carbons (Fsp3) is 0.278. The lowest BCUT2D eigenvalue weighted by Gasteiger charge is -2.36. The van der Waals surface area contributed by atoms with Crippen molar-refractivity contribution in [1.29, 1.82) is 0 Å². The van der Waals surface area contributed by atoms with Crippen LogP contribution in [0.4, 0.5) is 5.69 Å². The molecule has 2 aromatic carbocycles. The second-order valence-electron chi connectivity index (χ2n) is 5.77. The fourth-order valence-electron chi connectivity index (χ4n) is 2.91. The van der Waals surface area contributed by atoms with E-state index in [0.717, 1.165) is 19.6 Å². The SMILES string of the molecule is O=C(CN1CCNCC1c1ccccc1)Nc1cc(Cl)ccc1Cl. The Bertz CT molecular complexity index is 709. The van der Waals surface area contributed by atoms with Gasteiger partial charge in [-0.25, -0.2) is 0 Å². The zero-order chi connectivity index (χ0) is 16.9. The van der Waals surface area contributed by atoms with E-state index in [9.17, 15) is 4.79 Å². The molecule has 3 rings (SSSR count). The molecule has 2 aromatic rings. The molecule has 0 bridgehead atoms. The average molecular weight is 364 g/mol. The first-order chi connectivity index (χ1) is 11.6. The molecule has 24 heavy (non-hydrogen) atoms. The summed E-state index contributed by atoms with van der Waals surface area (Å²) in [7, 11) is 0. The van der Waals surface area contributed by atoms with Crippen LogP contribution in [0.3, 0.4) is 0 Å². The highest BCUT2D eigenvalue weighted by atomic mass is 35.5. The highest BCUT2D eigenvalue weighted by Crippen LogP contribution is 2.26. The van der Waals surface area contributed by atoms with Gasteiger partial charge in [-0.2, -0.15) is 0 Å². The third kappa shape index (κ3) is 4.28. The van der Waals surface area contributed by atoms with Gasteiger partial charge < -0.3 is 10.6 Å². The Morgan fingerprint density at radius 2 is 2.00 bits per heavy atom. The van der Waals surface area contributed by atoms with E-state index in [4.69, 9.17) is 23.2 Å². The lowest BCUT2D eigenvalue weighted by molar-refractivity contribution is -0.118. The van der Waals surface area contributed by atoms with E-state index in [1.807, 2.05) is 18.2 Å². The summed E-state index contributed by atoms with van der Waals surface area (Å²) in [6.07, 6.45) is 0. The summed E-state index contributed by atoms with van der Waals surface area (Å²) in [4.78, 5) is 14.6. The second kappa shape index (κ2) is 7.99. The molecule has 1 aliphatic heterocycles. The smallest absolute Gasteiger partial charge is 0.238 e. The molecule has 1 saturated heterocycles. The fourth-order valence-corrected chi connectivity index (χ4v) is 3.24. The van der Waals surface area contributed by atoms with Gasteiger partial charge >= 0.3 is 0 Å². The molecule has 1 atom stereocenters. The van der Waals surface area contributed by atoms with Crippen LogP contribution in [0.5, 0.6) is 0 Å². The van der Waals surface area contributed by atoms with E-state index < -0.39 is 0 Å². The molecular formula is C18H19Cl2N3O. The third-order valence-corrected chi connectivity index (χ3v) is 4.65. The van der Waals surface area contributed by atoms with Gasteiger partial charge in [-0.15, -0.1) is 0 Å². The van der Waals surface area contributed by atoms with E-state index in [-0.39, 0.29) is 11.9 Å². The Hall–Kier alpha value is -1.59. The molecule has 2 N–H and O–H groups in total. The van der Waals surface area contributed by atoms with Gasteiger partial charge in [-0.05, 0) is 23.8 Å². The number of hydrogen-bond acceptors (Lipinski definition) is 3. The predicted octanol–water partition coefficient (Wildman–Crippen LogP) is 3.58. The molecule has 1 amide bonds. The van der Waals surface area contributed by atoms with E-state index in [1.54, 1.807) is 18.2 Å². The van der Waals surface area contributed by atoms with Gasteiger partial charge in [0.1, 0.15) is 0 Å². The quantitative estimate of drug-likeness (QED) is 0.872. The van der Waals surface area contributed by atoms with Crippen LogP contribution in [0.25, 0.3) is 0 Å². The number of anilines is 1. The highest BCUT2D eigenvalue weighted by Gasteiger charge is 2.25. The van der Waals surface area contributed by atoms with E-state index >= 15 is 0 Å². The van der Waals surface area contributed by atoms with Gasteiger partial charge in [0.05, 0.1) is 17.3 Å². The van der Waals surface area contributed by atoms with Crippen molar-refractivity contribution in [3.8, 4) is 0 Å². The van der Waals surface area contributed by atoms with Crippen molar-refractivity contribution in [2.24, 2.45) is 0 Å². The Morgan fingerprint density at radius 3 is 2.79 bits per heavy atom. The van der Waals surface area contributed by atoms with Crippen molar-refractivity contribution < 1.29 is 4.79 Å². The van der Waals surface area contributed by atoms with Gasteiger partial charge in [-0.1, -0.05) is 53.5 Å². The summed E-state index contributed by atoms with van der Waals surface area (Å²) in [5, 5.41) is 7.26. The predicted molar refractivity (Wildman–Crippen MR) is 98.7 cm³/mol. The van der Waals surface area contributed by atoms with Crippen LogP contribution in [-0.4, -0.2) is 37.0 Å². The molecule has 0 radical (unpaired) electrons. The van der Waals surface area contributed by atoms with E-state index in [1.165, 1.54) is 5.56 Å². The maximum atomic E-state index is 12.4. The van der Waals surface area contributed by atoms with Crippen molar-refractivity contribution in [3.63, 3.8) is 0 Å². The molecule has 0 aromatic heterocycles. The maximum Gasteiger partial charge on any atom is 0.238 e. The van der Waals surface area contributed by atoms with Crippen LogP contribution in [-0.2, 0) is 4.79 Å². The molecule has 0 saturated carbocycles. The van der Waals surface area contributed by atoms with E-state index in [2.05, 4.69) is 27.7 Å². The number of hydrogen-bond donors (Lipinski definition) is 2. The number of nitrogens with zero attached hydrogens (tertiary/aromatic N) is 1. The van der Waals surface area contributed by atoms with Gasteiger partial charge in [-0.3, -0.25) is 9.69 Å². The van der Waals surface area contributed by atoms with Crippen LogP contribution in [0.15, 0.2) is 48.5 Å². The summed E-state index contributed by atoms with van der Waals surface area (Å²) in [6.45, 7) is 2.82. The molecule has 6 heteroatoms. The summed E-state index contributed by atoms with van der Waals surface area (Å²) >= 11 is 12.1. The van der Waals surface area contributed by atoms with Crippen molar-refractivity contribution in [3.05, 3.63) is 64.1 Å². The maximum absolute atomic E-state index is 12.4. The van der Waals surface area contributed by atoms with Gasteiger partial charge in [0.2, 0.25) is 5.91 Å². The molecule has 0 aliphatic carbocycles. The molecular weight excluding hydrogens is 345 g/mol. The lowest BCUT2D eigenvalue weighted by Crippen LogP contribution is -2.48. The molecule has 126 valence electrons. The molecule has 1 fully saturated rings. The number of carbonyl (C=O) groups is 1. The van der Waals surface area contributed by atoms with Crippen molar-refractivity contribution in [2.45, 2.75) is 6.04 Å². The molecule has 1 heterocycles. The average Bonchev–Trinajstić information content (AvgIpc) is 2.59. The first kappa shape index (κ1) is 17.2. The van der Waals surface area contributed by atoms with Crippen molar-refractivity contribution >= 4 is 34.8 Å². The first-order valence-corrected chi connectivity index (χ1v) is 8.63. The van der Waals surface area contributed by atoms with Gasteiger partial charge in [0, 0.05) is 30.7 Å². The Balaban J connectivity index is 1.69. The Kier molecular flexibility index (Phi) is 5.74. The lowest BCUT2D eigenvalue weighted by atomic mass is 10.0. The number of amides is 1. The minimum atomic E-state index is -0.0954. The van der Waals surface area contributed by atoms with Gasteiger partial charge in [0.25, 0.3) is 0 Å². The second-order valence-corrected chi connectivity index (χ2v) is 6.62. The number of halogens is 2. The largest absolute Gasteiger partial charge is 0.324 e. The van der Waals surface area contributed by atoms with Crippen molar-refractivity contribution in [1.82, 2.24) is 10.2 Å². The molecule has 0 spiro atoms. The number of nitrogens with one attached hydrogen (secondary N) is 2. The minimum Gasteiger partial charge on any atom is -0.324 e. The number of benzene rings is 2. The van der Waals surface area contributed by atoms with Crippen LogP contribution in [0.2, 0.25) is 10.0 Å². The molecule has 1 unspecified atom stereocenters. The summed E-state index contributed by atoms with van der Waals surface area (Å²) < 4.78 is 0. The van der Waals surface area contributed by atoms with Crippen LogP contribution >= 0.6 is 23.2 Å². The normalized spacial score (nSPS) is 18.3. The summed E-state index contributed by atoms with van der Waals surface area (Å²) in [5.41, 5.74) is 1.75. The molecule has 4 nitrogen and oxygen atoms in total.